The van der Waals surface area contributed by atoms with Gasteiger partial charge in [-0.25, -0.2) is 4.90 Å². The van der Waals surface area contributed by atoms with Gasteiger partial charge in [-0.3, -0.25) is 9.59 Å². The molecule has 1 aliphatic heterocycles. The van der Waals surface area contributed by atoms with Gasteiger partial charge < -0.3 is 0 Å². The first kappa shape index (κ1) is 16.6. The molecule has 0 radical (unpaired) electrons. The fourth-order valence-electron chi connectivity index (χ4n) is 1.40. The summed E-state index contributed by atoms with van der Waals surface area (Å²) in [4.78, 5) is 20.1. The third-order valence-corrected chi connectivity index (χ3v) is 2.46. The number of imide groups is 1. The molecule has 20 heavy (non-hydrogen) atoms. The van der Waals surface area contributed by atoms with Gasteiger partial charge in [-0.15, -0.1) is 0 Å². The number of nitrogens with zero attached hydrogens (tertiary/aromatic N) is 1. The molecule has 0 N–H and O–H groups in total. The number of hydrogen-bond donors (Lipinski definition) is 0. The zero-order valence-electron chi connectivity index (χ0n) is 9.08. The van der Waals surface area contributed by atoms with Gasteiger partial charge in [0.05, 0.1) is 0 Å². The lowest BCUT2D eigenvalue weighted by Crippen LogP contribution is -2.67. The topological polar surface area (TPSA) is 37.4 Å². The first-order chi connectivity index (χ1) is 8.68. The monoisotopic (exact) mass is 317 g/mol. The average molecular weight is 317 g/mol. The van der Waals surface area contributed by atoms with Gasteiger partial charge in [0.25, 0.3) is 0 Å². The molecular weight excluding hydrogens is 313 g/mol. The predicted molar refractivity (Wildman–Crippen MR) is 42.0 cm³/mol. The standard InChI is InChI=1S/C8H4F9NO2/c9-5(10,7(13,14)15)6(11,12)8(16,17)18-3(19)1-2-4(18)20/h1-2H2. The van der Waals surface area contributed by atoms with E-state index in [1.807, 2.05) is 0 Å². The Morgan fingerprint density at radius 3 is 1.35 bits per heavy atom. The van der Waals surface area contributed by atoms with Gasteiger partial charge in [0.1, 0.15) is 0 Å². The molecule has 12 heteroatoms. The smallest absolute Gasteiger partial charge is 0.274 e. The molecule has 1 rings (SSSR count). The van der Waals surface area contributed by atoms with E-state index in [4.69, 9.17) is 0 Å². The van der Waals surface area contributed by atoms with Gasteiger partial charge in [-0.1, -0.05) is 0 Å². The number of carbonyl (C=O) groups is 2. The number of halogens is 9. The van der Waals surface area contributed by atoms with Crippen molar-refractivity contribution in [2.75, 3.05) is 0 Å². The quantitative estimate of drug-likeness (QED) is 0.456. The Hall–Kier alpha value is -1.49. The zero-order valence-corrected chi connectivity index (χ0v) is 9.08. The Morgan fingerprint density at radius 2 is 1.05 bits per heavy atom. The summed E-state index contributed by atoms with van der Waals surface area (Å²) in [5, 5.41) is 0. The number of hydrogen-bond acceptors (Lipinski definition) is 2. The van der Waals surface area contributed by atoms with Gasteiger partial charge in [-0.2, -0.15) is 39.5 Å². The summed E-state index contributed by atoms with van der Waals surface area (Å²) in [5.74, 6) is -18.1. The molecule has 0 aromatic heterocycles. The fourth-order valence-corrected chi connectivity index (χ4v) is 1.40. The molecule has 0 bridgehead atoms. The number of carbonyl (C=O) groups excluding carboxylic acids is 2. The Kier molecular flexibility index (Phi) is 3.52. The van der Waals surface area contributed by atoms with Crippen LogP contribution in [0.25, 0.3) is 0 Å². The molecule has 0 saturated carbocycles. The Balaban J connectivity index is 3.32. The number of amides is 2. The van der Waals surface area contributed by atoms with Crippen LogP contribution in [0.2, 0.25) is 0 Å². The van der Waals surface area contributed by atoms with E-state index in [1.165, 1.54) is 0 Å². The maximum absolute atomic E-state index is 13.2. The zero-order chi connectivity index (χ0) is 16.1. The molecule has 2 amide bonds. The summed E-state index contributed by atoms with van der Waals surface area (Å²) < 4.78 is 113. The van der Waals surface area contributed by atoms with Gasteiger partial charge in [0, 0.05) is 12.8 Å². The maximum atomic E-state index is 13.2. The van der Waals surface area contributed by atoms with Crippen LogP contribution in [0, 0.1) is 0 Å². The van der Waals surface area contributed by atoms with Crippen molar-refractivity contribution < 1.29 is 49.1 Å². The SMILES string of the molecule is O=C1CCC(=O)N1C(F)(F)C(F)(F)C(F)(F)C(F)(F)F. The minimum atomic E-state index is -7.13. The third-order valence-electron chi connectivity index (χ3n) is 2.46. The largest absolute Gasteiger partial charge is 0.460 e. The van der Waals surface area contributed by atoms with E-state index in [0.29, 0.717) is 0 Å². The van der Waals surface area contributed by atoms with Gasteiger partial charge in [0.15, 0.2) is 0 Å². The van der Waals surface area contributed by atoms with Gasteiger partial charge in [0.2, 0.25) is 11.8 Å². The van der Waals surface area contributed by atoms with Crippen LogP contribution in [0.1, 0.15) is 12.8 Å². The molecule has 1 fully saturated rings. The summed E-state index contributed by atoms with van der Waals surface area (Å²) >= 11 is 0. The molecule has 0 unspecified atom stereocenters. The number of likely N-dealkylation sites (tertiary alicyclic amines) is 1. The molecule has 3 nitrogen and oxygen atoms in total. The van der Waals surface area contributed by atoms with Crippen LogP contribution in [0.4, 0.5) is 39.5 Å². The van der Waals surface area contributed by atoms with E-state index in [1.54, 1.807) is 0 Å². The van der Waals surface area contributed by atoms with E-state index in [0.717, 1.165) is 0 Å². The molecule has 0 aromatic rings. The van der Waals surface area contributed by atoms with Crippen LogP contribution < -0.4 is 0 Å². The summed E-state index contributed by atoms with van der Waals surface area (Å²) in [7, 11) is 0. The summed E-state index contributed by atoms with van der Waals surface area (Å²) in [6, 6.07) is -6.31. The van der Waals surface area contributed by atoms with Crippen molar-refractivity contribution in [3.05, 3.63) is 0 Å². The second kappa shape index (κ2) is 4.25. The Bertz CT molecular complexity index is 426. The van der Waals surface area contributed by atoms with Gasteiger partial charge >= 0.3 is 24.1 Å². The van der Waals surface area contributed by atoms with Crippen molar-refractivity contribution in [2.45, 2.75) is 36.9 Å². The first-order valence-corrected chi connectivity index (χ1v) is 4.74. The normalized spacial score (nSPS) is 18.9. The lowest BCUT2D eigenvalue weighted by Gasteiger charge is -2.36. The van der Waals surface area contributed by atoms with Gasteiger partial charge in [-0.05, 0) is 0 Å². The summed E-state index contributed by atoms with van der Waals surface area (Å²) in [6.07, 6.45) is -8.96. The van der Waals surface area contributed by atoms with Crippen molar-refractivity contribution in [1.29, 1.82) is 0 Å². The first-order valence-electron chi connectivity index (χ1n) is 4.74. The van der Waals surface area contributed by atoms with Crippen molar-refractivity contribution in [1.82, 2.24) is 4.90 Å². The molecule has 0 spiro atoms. The van der Waals surface area contributed by atoms with E-state index in [9.17, 15) is 49.1 Å². The molecule has 1 saturated heterocycles. The fraction of sp³-hybridized carbons (Fsp3) is 0.750. The van der Waals surface area contributed by atoms with Crippen LogP contribution in [-0.2, 0) is 9.59 Å². The van der Waals surface area contributed by atoms with E-state index in [2.05, 4.69) is 0 Å². The second-order valence-corrected chi connectivity index (χ2v) is 3.81. The van der Waals surface area contributed by atoms with Crippen molar-refractivity contribution >= 4 is 11.8 Å². The van der Waals surface area contributed by atoms with Crippen LogP contribution in [0.3, 0.4) is 0 Å². The lowest BCUT2D eigenvalue weighted by atomic mass is 10.1. The maximum Gasteiger partial charge on any atom is 0.460 e. The summed E-state index contributed by atoms with van der Waals surface area (Å²) in [6.45, 7) is 0. The molecule has 1 heterocycles. The Morgan fingerprint density at radius 1 is 0.700 bits per heavy atom. The van der Waals surface area contributed by atoms with E-state index >= 15 is 0 Å². The number of rotatable bonds is 3. The lowest BCUT2D eigenvalue weighted by molar-refractivity contribution is -0.411. The average Bonchev–Trinajstić information content (AvgIpc) is 2.56. The highest BCUT2D eigenvalue weighted by atomic mass is 19.4. The predicted octanol–water partition coefficient (Wildman–Crippen LogP) is 2.56. The molecule has 0 aromatic carbocycles. The van der Waals surface area contributed by atoms with Crippen molar-refractivity contribution in [3.63, 3.8) is 0 Å². The highest BCUT2D eigenvalue weighted by molar-refractivity contribution is 6.02. The second-order valence-electron chi connectivity index (χ2n) is 3.81. The van der Waals surface area contributed by atoms with Crippen molar-refractivity contribution in [3.8, 4) is 0 Å². The molecule has 1 aliphatic rings. The minimum Gasteiger partial charge on any atom is -0.274 e. The molecule has 0 aliphatic carbocycles. The van der Waals surface area contributed by atoms with Crippen LogP contribution in [0.5, 0.6) is 0 Å². The van der Waals surface area contributed by atoms with Crippen LogP contribution >= 0.6 is 0 Å². The summed E-state index contributed by atoms with van der Waals surface area (Å²) in [5.41, 5.74) is 0. The van der Waals surface area contributed by atoms with E-state index in [-0.39, 0.29) is 0 Å². The Labute approximate surface area is 104 Å². The molecule has 116 valence electrons. The third kappa shape index (κ3) is 2.00. The van der Waals surface area contributed by atoms with Crippen molar-refractivity contribution in [2.24, 2.45) is 0 Å². The highest BCUT2D eigenvalue weighted by Gasteiger charge is 2.84. The van der Waals surface area contributed by atoms with Crippen LogP contribution in [-0.4, -0.2) is 40.8 Å². The van der Waals surface area contributed by atoms with E-state index < -0.39 is 53.6 Å². The number of alkyl halides is 9. The molecule has 0 atom stereocenters. The minimum absolute atomic E-state index is 0.984. The highest BCUT2D eigenvalue weighted by Crippen LogP contribution is 2.54. The molecular formula is C8H4F9NO2. The van der Waals surface area contributed by atoms with Crippen LogP contribution in [0.15, 0.2) is 0 Å².